The maximum atomic E-state index is 13.1. The average Bonchev–Trinajstić information content (AvgIpc) is 3.25. The van der Waals surface area contributed by atoms with Gasteiger partial charge in [0.1, 0.15) is 10.6 Å². The van der Waals surface area contributed by atoms with Gasteiger partial charge >= 0.3 is 0 Å². The highest BCUT2D eigenvalue weighted by Crippen LogP contribution is 2.34. The molecule has 0 amide bonds. The summed E-state index contributed by atoms with van der Waals surface area (Å²) in [5.74, 6) is 1.62. The molecule has 3 heterocycles. The molecule has 25 heavy (non-hydrogen) atoms. The van der Waals surface area contributed by atoms with Crippen LogP contribution >= 0.6 is 11.3 Å². The van der Waals surface area contributed by atoms with Crippen LogP contribution in [0.1, 0.15) is 42.4 Å². The Morgan fingerprint density at radius 2 is 2.24 bits per heavy atom. The van der Waals surface area contributed by atoms with Gasteiger partial charge in [0, 0.05) is 24.4 Å². The molecule has 0 saturated carbocycles. The lowest BCUT2D eigenvalue weighted by molar-refractivity contribution is 0.512. The number of rotatable bonds is 6. The fourth-order valence-corrected chi connectivity index (χ4v) is 4.81. The zero-order valence-corrected chi connectivity index (χ0v) is 15.3. The number of thiophene rings is 1. The van der Waals surface area contributed by atoms with Gasteiger partial charge in [0.25, 0.3) is 5.56 Å². The van der Waals surface area contributed by atoms with Crippen molar-refractivity contribution in [3.63, 3.8) is 0 Å². The van der Waals surface area contributed by atoms with Crippen molar-refractivity contribution in [1.29, 1.82) is 0 Å². The quantitative estimate of drug-likeness (QED) is 0.724. The van der Waals surface area contributed by atoms with Gasteiger partial charge in [-0.25, -0.2) is 4.98 Å². The van der Waals surface area contributed by atoms with Gasteiger partial charge in [-0.1, -0.05) is 6.92 Å². The van der Waals surface area contributed by atoms with Crippen LogP contribution in [0.15, 0.2) is 27.6 Å². The van der Waals surface area contributed by atoms with Gasteiger partial charge in [0.15, 0.2) is 0 Å². The topological polar surface area (TPSA) is 60.1 Å². The molecule has 0 atom stereocenters. The molecule has 132 valence electrons. The average molecular weight is 357 g/mol. The minimum atomic E-state index is 0.117. The van der Waals surface area contributed by atoms with Crippen molar-refractivity contribution < 1.29 is 4.42 Å². The van der Waals surface area contributed by atoms with Crippen LogP contribution in [0.2, 0.25) is 0 Å². The Hall–Kier alpha value is -2.08. The number of furan rings is 1. The van der Waals surface area contributed by atoms with Crippen molar-refractivity contribution in [2.75, 3.05) is 11.9 Å². The second kappa shape index (κ2) is 7.04. The van der Waals surface area contributed by atoms with Crippen molar-refractivity contribution in [2.24, 2.45) is 0 Å². The van der Waals surface area contributed by atoms with Crippen LogP contribution in [-0.2, 0) is 25.8 Å². The molecule has 0 unspecified atom stereocenters. The molecule has 1 N–H and O–H groups in total. The molecule has 0 radical (unpaired) electrons. The predicted octanol–water partition coefficient (Wildman–Crippen LogP) is 3.99. The number of hydrogen-bond acceptors (Lipinski definition) is 5. The lowest BCUT2D eigenvalue weighted by Crippen LogP contribution is -2.26. The second-order valence-corrected chi connectivity index (χ2v) is 7.62. The third-order valence-electron chi connectivity index (χ3n) is 4.76. The van der Waals surface area contributed by atoms with Gasteiger partial charge in [0.2, 0.25) is 5.95 Å². The summed E-state index contributed by atoms with van der Waals surface area (Å²) in [6.45, 7) is 3.47. The zero-order valence-electron chi connectivity index (χ0n) is 14.5. The van der Waals surface area contributed by atoms with E-state index in [2.05, 4.69) is 12.2 Å². The monoisotopic (exact) mass is 357 g/mol. The summed E-state index contributed by atoms with van der Waals surface area (Å²) in [7, 11) is 0. The van der Waals surface area contributed by atoms with E-state index < -0.39 is 0 Å². The number of hydrogen-bond donors (Lipinski definition) is 1. The minimum Gasteiger partial charge on any atom is -0.469 e. The number of anilines is 1. The van der Waals surface area contributed by atoms with Gasteiger partial charge in [0.05, 0.1) is 11.6 Å². The summed E-state index contributed by atoms with van der Waals surface area (Å²) in [6, 6.07) is 3.85. The van der Waals surface area contributed by atoms with E-state index in [0.29, 0.717) is 19.0 Å². The molecule has 3 aromatic rings. The van der Waals surface area contributed by atoms with Crippen molar-refractivity contribution in [1.82, 2.24) is 9.55 Å². The molecule has 1 aliphatic rings. The number of nitrogens with zero attached hydrogens (tertiary/aromatic N) is 2. The van der Waals surface area contributed by atoms with E-state index in [1.165, 1.54) is 23.3 Å². The smallest absolute Gasteiger partial charge is 0.263 e. The number of fused-ring (bicyclic) bond motifs is 3. The SMILES string of the molecule is CCCn1c(NCCc2ccco2)nc2sc3c(c2c1=O)CCCC3. The van der Waals surface area contributed by atoms with Gasteiger partial charge in [-0.15, -0.1) is 11.3 Å². The highest BCUT2D eigenvalue weighted by Gasteiger charge is 2.21. The van der Waals surface area contributed by atoms with Crippen LogP contribution in [0.3, 0.4) is 0 Å². The standard InChI is InChI=1S/C19H23N3O2S/c1-2-11-22-18(23)16-14-7-3-4-8-15(14)25-17(16)21-19(22)20-10-9-13-6-5-12-24-13/h5-6,12H,2-4,7-11H2,1H3,(H,20,21). The Kier molecular flexibility index (Phi) is 4.61. The summed E-state index contributed by atoms with van der Waals surface area (Å²) in [5.41, 5.74) is 1.38. The third kappa shape index (κ3) is 3.11. The molecule has 0 bridgehead atoms. The minimum absolute atomic E-state index is 0.117. The summed E-state index contributed by atoms with van der Waals surface area (Å²) < 4.78 is 7.18. The van der Waals surface area contributed by atoms with Gasteiger partial charge in [-0.2, -0.15) is 0 Å². The summed E-state index contributed by atoms with van der Waals surface area (Å²) >= 11 is 1.70. The van der Waals surface area contributed by atoms with Gasteiger partial charge in [-0.3, -0.25) is 9.36 Å². The lowest BCUT2D eigenvalue weighted by Gasteiger charge is -2.14. The molecule has 6 heteroatoms. The Morgan fingerprint density at radius 3 is 3.04 bits per heavy atom. The first-order valence-corrected chi connectivity index (χ1v) is 9.91. The first-order valence-electron chi connectivity index (χ1n) is 9.09. The van der Waals surface area contributed by atoms with Crippen LogP contribution in [-0.4, -0.2) is 16.1 Å². The molecule has 0 saturated heterocycles. The number of aryl methyl sites for hydroxylation is 2. The molecular weight excluding hydrogens is 334 g/mol. The highest BCUT2D eigenvalue weighted by molar-refractivity contribution is 7.18. The van der Waals surface area contributed by atoms with Gasteiger partial charge in [-0.05, 0) is 49.8 Å². The first kappa shape index (κ1) is 16.4. The maximum absolute atomic E-state index is 13.1. The fourth-order valence-electron chi connectivity index (χ4n) is 3.56. The molecule has 0 aromatic carbocycles. The van der Waals surface area contributed by atoms with Crippen LogP contribution in [0.5, 0.6) is 0 Å². The van der Waals surface area contributed by atoms with Crippen molar-refractivity contribution in [3.05, 3.63) is 45.0 Å². The summed E-state index contributed by atoms with van der Waals surface area (Å²) in [6.07, 6.45) is 7.87. The van der Waals surface area contributed by atoms with E-state index >= 15 is 0 Å². The van der Waals surface area contributed by atoms with E-state index in [-0.39, 0.29) is 5.56 Å². The van der Waals surface area contributed by atoms with Crippen LogP contribution in [0.4, 0.5) is 5.95 Å². The number of aromatic nitrogens is 2. The van der Waals surface area contributed by atoms with E-state index in [1.807, 2.05) is 16.7 Å². The van der Waals surface area contributed by atoms with Crippen LogP contribution in [0, 0.1) is 0 Å². The van der Waals surface area contributed by atoms with E-state index in [9.17, 15) is 4.79 Å². The molecule has 0 fully saturated rings. The molecule has 5 nitrogen and oxygen atoms in total. The Labute approximate surface area is 150 Å². The molecular formula is C19H23N3O2S. The van der Waals surface area contributed by atoms with Crippen molar-refractivity contribution in [3.8, 4) is 0 Å². The third-order valence-corrected chi connectivity index (χ3v) is 5.94. The predicted molar refractivity (Wildman–Crippen MR) is 102 cm³/mol. The van der Waals surface area contributed by atoms with Crippen LogP contribution in [0.25, 0.3) is 10.2 Å². The Morgan fingerprint density at radius 1 is 1.36 bits per heavy atom. The molecule has 3 aromatic heterocycles. The Bertz CT molecular complexity index is 924. The molecule has 0 aliphatic heterocycles. The van der Waals surface area contributed by atoms with Crippen molar-refractivity contribution >= 4 is 27.5 Å². The maximum Gasteiger partial charge on any atom is 0.263 e. The van der Waals surface area contributed by atoms with E-state index in [1.54, 1.807) is 17.6 Å². The van der Waals surface area contributed by atoms with Crippen LogP contribution < -0.4 is 10.9 Å². The van der Waals surface area contributed by atoms with E-state index in [0.717, 1.165) is 41.7 Å². The zero-order chi connectivity index (χ0) is 17.2. The fraction of sp³-hybridized carbons (Fsp3) is 0.474. The summed E-state index contributed by atoms with van der Waals surface area (Å²) in [4.78, 5) is 20.2. The summed E-state index contributed by atoms with van der Waals surface area (Å²) in [5, 5.41) is 4.21. The van der Waals surface area contributed by atoms with Crippen molar-refractivity contribution in [2.45, 2.75) is 52.0 Å². The Balaban J connectivity index is 1.69. The first-order chi connectivity index (χ1) is 12.3. The molecule has 0 spiro atoms. The normalized spacial score (nSPS) is 14.0. The lowest BCUT2D eigenvalue weighted by atomic mass is 9.97. The largest absolute Gasteiger partial charge is 0.469 e. The number of nitrogens with one attached hydrogen (secondary N) is 1. The van der Waals surface area contributed by atoms with Gasteiger partial charge < -0.3 is 9.73 Å². The second-order valence-electron chi connectivity index (χ2n) is 6.54. The molecule has 1 aliphatic carbocycles. The highest BCUT2D eigenvalue weighted by atomic mass is 32.1. The van der Waals surface area contributed by atoms with E-state index in [4.69, 9.17) is 9.40 Å². The molecule has 4 rings (SSSR count).